The molecule has 2 rings (SSSR count). The fourth-order valence-electron chi connectivity index (χ4n) is 3.27. The standard InChI is InChI=1S/C10H19P/c1-9(2)7-4-5-10(9,3)8(11)6-7/h7-8H,4-6,11H2,1-3H3. The van der Waals surface area contributed by atoms with E-state index < -0.39 is 0 Å². The molecule has 4 atom stereocenters. The molecule has 1 heteroatoms. The minimum atomic E-state index is 0.611. The van der Waals surface area contributed by atoms with Crippen molar-refractivity contribution in [3.05, 3.63) is 0 Å². The van der Waals surface area contributed by atoms with Crippen molar-refractivity contribution in [1.29, 1.82) is 0 Å². The van der Waals surface area contributed by atoms with Gasteiger partial charge >= 0.3 is 0 Å². The second-order valence-corrected chi connectivity index (χ2v) is 6.02. The quantitative estimate of drug-likeness (QED) is 0.490. The van der Waals surface area contributed by atoms with Gasteiger partial charge in [-0.25, -0.2) is 0 Å². The third kappa shape index (κ3) is 0.750. The highest BCUT2D eigenvalue weighted by Gasteiger charge is 2.59. The summed E-state index contributed by atoms with van der Waals surface area (Å²) in [6.07, 6.45) is 4.39. The van der Waals surface area contributed by atoms with E-state index in [0.29, 0.717) is 10.8 Å². The zero-order valence-corrected chi connectivity index (χ0v) is 9.01. The van der Waals surface area contributed by atoms with Gasteiger partial charge in [0.1, 0.15) is 0 Å². The smallest absolute Gasteiger partial charge is 0.0202 e. The zero-order valence-electron chi connectivity index (χ0n) is 7.85. The van der Waals surface area contributed by atoms with Crippen molar-refractivity contribution in [2.75, 3.05) is 0 Å². The largest absolute Gasteiger partial charge is 0.134 e. The van der Waals surface area contributed by atoms with Crippen molar-refractivity contribution in [3.8, 4) is 0 Å². The topological polar surface area (TPSA) is 0 Å². The SMILES string of the molecule is CC1(C)C2CCC1(C)C(P)C2. The summed E-state index contributed by atoms with van der Waals surface area (Å²) < 4.78 is 0. The van der Waals surface area contributed by atoms with Crippen molar-refractivity contribution in [2.24, 2.45) is 16.7 Å². The Morgan fingerprint density at radius 2 is 1.91 bits per heavy atom. The van der Waals surface area contributed by atoms with Crippen molar-refractivity contribution in [3.63, 3.8) is 0 Å². The van der Waals surface area contributed by atoms with E-state index in [-0.39, 0.29) is 0 Å². The summed E-state index contributed by atoms with van der Waals surface area (Å²) in [6, 6.07) is 0. The van der Waals surface area contributed by atoms with Crippen LogP contribution in [-0.2, 0) is 0 Å². The Kier molecular flexibility index (Phi) is 1.48. The molecule has 0 amide bonds. The molecule has 0 aromatic rings. The molecule has 0 aliphatic heterocycles. The molecule has 2 aliphatic carbocycles. The summed E-state index contributed by atoms with van der Waals surface area (Å²) in [7, 11) is 3.06. The van der Waals surface area contributed by atoms with Gasteiger partial charge in [-0.3, -0.25) is 0 Å². The highest BCUT2D eigenvalue weighted by atomic mass is 31.0. The van der Waals surface area contributed by atoms with Gasteiger partial charge in [-0.1, -0.05) is 20.8 Å². The molecule has 4 unspecified atom stereocenters. The van der Waals surface area contributed by atoms with E-state index in [2.05, 4.69) is 30.0 Å². The zero-order chi connectivity index (χ0) is 8.28. The molecule has 0 aromatic carbocycles. The first-order chi connectivity index (χ1) is 4.98. The first kappa shape index (κ1) is 8.05. The fraction of sp³-hybridized carbons (Fsp3) is 1.00. The third-order valence-corrected chi connectivity index (χ3v) is 5.87. The molecule has 0 saturated heterocycles. The lowest BCUT2D eigenvalue weighted by Gasteiger charge is -2.37. The molecular formula is C10H19P. The van der Waals surface area contributed by atoms with E-state index in [9.17, 15) is 0 Å². The van der Waals surface area contributed by atoms with Gasteiger partial charge in [-0.2, -0.15) is 0 Å². The number of hydrogen-bond donors (Lipinski definition) is 0. The summed E-state index contributed by atoms with van der Waals surface area (Å²) in [5.41, 5.74) is 2.12. The summed E-state index contributed by atoms with van der Waals surface area (Å²) in [5, 5.41) is 0. The van der Waals surface area contributed by atoms with Crippen LogP contribution in [0.15, 0.2) is 0 Å². The van der Waals surface area contributed by atoms with E-state index >= 15 is 0 Å². The van der Waals surface area contributed by atoms with Gasteiger partial charge in [0, 0.05) is 0 Å². The molecule has 2 fully saturated rings. The summed E-state index contributed by atoms with van der Waals surface area (Å²) >= 11 is 0. The van der Waals surface area contributed by atoms with Crippen molar-refractivity contribution in [2.45, 2.75) is 45.7 Å². The van der Waals surface area contributed by atoms with Gasteiger partial charge in [-0.05, 0) is 41.7 Å². The van der Waals surface area contributed by atoms with Gasteiger partial charge in [0.25, 0.3) is 0 Å². The second kappa shape index (κ2) is 2.02. The fourth-order valence-corrected chi connectivity index (χ4v) is 4.19. The molecule has 0 spiro atoms. The van der Waals surface area contributed by atoms with E-state index in [1.54, 1.807) is 0 Å². The van der Waals surface area contributed by atoms with Gasteiger partial charge in [0.15, 0.2) is 0 Å². The Bertz CT molecular complexity index is 185. The van der Waals surface area contributed by atoms with Crippen LogP contribution in [0.4, 0.5) is 0 Å². The van der Waals surface area contributed by atoms with E-state index in [1.165, 1.54) is 19.3 Å². The lowest BCUT2D eigenvalue weighted by molar-refractivity contribution is 0.156. The Morgan fingerprint density at radius 1 is 1.27 bits per heavy atom. The maximum atomic E-state index is 3.06. The minimum absolute atomic E-state index is 0.611. The van der Waals surface area contributed by atoms with Gasteiger partial charge in [0.2, 0.25) is 0 Å². The van der Waals surface area contributed by atoms with Gasteiger partial charge in [0.05, 0.1) is 0 Å². The Balaban J connectivity index is 2.40. The maximum absolute atomic E-state index is 3.06. The number of rotatable bonds is 0. The molecule has 11 heavy (non-hydrogen) atoms. The summed E-state index contributed by atoms with van der Waals surface area (Å²) in [4.78, 5) is 0. The molecule has 64 valence electrons. The summed E-state index contributed by atoms with van der Waals surface area (Å²) in [6.45, 7) is 7.42. The minimum Gasteiger partial charge on any atom is -0.134 e. The van der Waals surface area contributed by atoms with Gasteiger partial charge in [-0.15, -0.1) is 9.24 Å². The maximum Gasteiger partial charge on any atom is -0.0202 e. The predicted molar refractivity (Wildman–Crippen MR) is 52.7 cm³/mol. The Hall–Kier alpha value is 0.430. The molecular weight excluding hydrogens is 151 g/mol. The van der Waals surface area contributed by atoms with Crippen LogP contribution in [0.5, 0.6) is 0 Å². The number of hydrogen-bond acceptors (Lipinski definition) is 0. The highest BCUT2D eigenvalue weighted by molar-refractivity contribution is 7.17. The molecule has 0 heterocycles. The normalized spacial score (nSPS) is 53.5. The van der Waals surface area contributed by atoms with Crippen LogP contribution < -0.4 is 0 Å². The molecule has 2 bridgehead atoms. The monoisotopic (exact) mass is 170 g/mol. The van der Waals surface area contributed by atoms with Crippen LogP contribution in [0.3, 0.4) is 0 Å². The van der Waals surface area contributed by atoms with Crippen LogP contribution in [-0.4, -0.2) is 5.66 Å². The molecule has 2 saturated carbocycles. The van der Waals surface area contributed by atoms with E-state index in [4.69, 9.17) is 0 Å². The van der Waals surface area contributed by atoms with Crippen LogP contribution >= 0.6 is 9.24 Å². The second-order valence-electron chi connectivity index (χ2n) is 5.22. The van der Waals surface area contributed by atoms with Crippen LogP contribution in [0.25, 0.3) is 0 Å². The Morgan fingerprint density at radius 3 is 2.09 bits per heavy atom. The first-order valence-corrected chi connectivity index (χ1v) is 5.41. The Labute approximate surface area is 72.3 Å². The lowest BCUT2D eigenvalue weighted by Crippen LogP contribution is -2.32. The van der Waals surface area contributed by atoms with E-state index in [0.717, 1.165) is 11.6 Å². The van der Waals surface area contributed by atoms with Crippen molar-refractivity contribution >= 4 is 9.24 Å². The molecule has 0 nitrogen and oxygen atoms in total. The van der Waals surface area contributed by atoms with Crippen molar-refractivity contribution in [1.82, 2.24) is 0 Å². The summed E-state index contributed by atoms with van der Waals surface area (Å²) in [5.74, 6) is 1.01. The molecule has 2 aliphatic rings. The number of fused-ring (bicyclic) bond motifs is 2. The van der Waals surface area contributed by atoms with Crippen LogP contribution in [0, 0.1) is 16.7 Å². The first-order valence-electron chi connectivity index (χ1n) is 4.74. The van der Waals surface area contributed by atoms with E-state index in [1.807, 2.05) is 0 Å². The molecule has 0 N–H and O–H groups in total. The average Bonchev–Trinajstić information content (AvgIpc) is 2.20. The third-order valence-electron chi connectivity index (χ3n) is 4.86. The highest BCUT2D eigenvalue weighted by Crippen LogP contribution is 2.67. The predicted octanol–water partition coefficient (Wildman–Crippen LogP) is 3.08. The molecule has 0 radical (unpaired) electrons. The van der Waals surface area contributed by atoms with Crippen LogP contribution in [0.1, 0.15) is 40.0 Å². The lowest BCUT2D eigenvalue weighted by atomic mass is 9.71. The van der Waals surface area contributed by atoms with Crippen LogP contribution in [0.2, 0.25) is 0 Å². The average molecular weight is 170 g/mol. The van der Waals surface area contributed by atoms with Crippen molar-refractivity contribution < 1.29 is 0 Å². The molecule has 0 aromatic heterocycles. The van der Waals surface area contributed by atoms with Gasteiger partial charge < -0.3 is 0 Å².